The van der Waals surface area contributed by atoms with E-state index in [2.05, 4.69) is 6.92 Å². The van der Waals surface area contributed by atoms with Gasteiger partial charge in [0.25, 0.3) is 0 Å². The van der Waals surface area contributed by atoms with Crippen molar-refractivity contribution in [3.63, 3.8) is 0 Å². The number of ether oxygens (including phenoxy) is 1. The van der Waals surface area contributed by atoms with E-state index in [1.165, 1.54) is 5.75 Å². The monoisotopic (exact) mass is 204 g/mol. The second-order valence-electron chi connectivity index (χ2n) is 3.82. The maximum atomic E-state index is 10.3. The van der Waals surface area contributed by atoms with Crippen LogP contribution in [0.5, 0.6) is 0 Å². The van der Waals surface area contributed by atoms with E-state index in [1.54, 1.807) is 7.11 Å². The molecule has 0 amide bonds. The van der Waals surface area contributed by atoms with Gasteiger partial charge in [-0.25, -0.2) is 0 Å². The molecule has 0 spiro atoms. The molecule has 1 N–H and O–H groups in total. The van der Waals surface area contributed by atoms with Gasteiger partial charge in [-0.15, -0.1) is 0 Å². The molecule has 0 aromatic carbocycles. The number of aliphatic hydroxyl groups is 1. The van der Waals surface area contributed by atoms with Gasteiger partial charge in [-0.3, -0.25) is 0 Å². The van der Waals surface area contributed by atoms with Crippen LogP contribution in [0.15, 0.2) is 0 Å². The van der Waals surface area contributed by atoms with Crippen molar-refractivity contribution < 1.29 is 9.84 Å². The molecule has 2 nitrogen and oxygen atoms in total. The van der Waals surface area contributed by atoms with Crippen molar-refractivity contribution in [2.75, 3.05) is 19.5 Å². The van der Waals surface area contributed by atoms with Crippen LogP contribution in [0, 0.1) is 0 Å². The maximum absolute atomic E-state index is 10.3. The minimum Gasteiger partial charge on any atom is -0.389 e. The van der Waals surface area contributed by atoms with Gasteiger partial charge in [-0.1, -0.05) is 6.92 Å². The molecular weight excluding hydrogens is 184 g/mol. The number of methoxy groups -OCH3 is 1. The van der Waals surface area contributed by atoms with E-state index < -0.39 is 5.60 Å². The van der Waals surface area contributed by atoms with E-state index in [0.717, 1.165) is 32.3 Å². The first kappa shape index (κ1) is 11.3. The lowest BCUT2D eigenvalue weighted by atomic mass is 9.89. The standard InChI is InChI=1S/C10H20O2S/c1-9-10(11,5-3-7-12-2)6-4-8-13-9/h9,11H,3-8H2,1-2H3. The smallest absolute Gasteiger partial charge is 0.0764 e. The molecular formula is C10H20O2S. The zero-order valence-electron chi connectivity index (χ0n) is 8.58. The molecule has 0 radical (unpaired) electrons. The summed E-state index contributed by atoms with van der Waals surface area (Å²) in [6.45, 7) is 2.90. The highest BCUT2D eigenvalue weighted by atomic mass is 32.2. The Morgan fingerprint density at radius 1 is 1.62 bits per heavy atom. The summed E-state index contributed by atoms with van der Waals surface area (Å²) in [7, 11) is 1.71. The maximum Gasteiger partial charge on any atom is 0.0764 e. The van der Waals surface area contributed by atoms with Crippen LogP contribution in [0.3, 0.4) is 0 Å². The normalized spacial score (nSPS) is 34.8. The lowest BCUT2D eigenvalue weighted by Gasteiger charge is -2.37. The molecule has 78 valence electrons. The van der Waals surface area contributed by atoms with Gasteiger partial charge >= 0.3 is 0 Å². The van der Waals surface area contributed by atoms with Crippen molar-refractivity contribution in [1.82, 2.24) is 0 Å². The molecule has 0 aromatic rings. The molecule has 3 heteroatoms. The lowest BCUT2D eigenvalue weighted by molar-refractivity contribution is 0.0129. The molecule has 0 aromatic heterocycles. The fourth-order valence-corrected chi connectivity index (χ4v) is 3.06. The summed E-state index contributed by atoms with van der Waals surface area (Å²) in [6.07, 6.45) is 3.97. The zero-order valence-corrected chi connectivity index (χ0v) is 9.40. The molecule has 13 heavy (non-hydrogen) atoms. The largest absolute Gasteiger partial charge is 0.389 e. The fraction of sp³-hybridized carbons (Fsp3) is 1.00. The van der Waals surface area contributed by atoms with Crippen LogP contribution < -0.4 is 0 Å². The van der Waals surface area contributed by atoms with Gasteiger partial charge in [-0.05, 0) is 31.4 Å². The van der Waals surface area contributed by atoms with Crippen molar-refractivity contribution in [3.05, 3.63) is 0 Å². The van der Waals surface area contributed by atoms with Gasteiger partial charge in [-0.2, -0.15) is 11.8 Å². The first-order chi connectivity index (χ1) is 6.19. The molecule has 0 aliphatic carbocycles. The third-order valence-corrected chi connectivity index (χ3v) is 4.30. The first-order valence-corrected chi connectivity index (χ1v) is 6.07. The predicted octanol–water partition coefficient (Wildman–Crippen LogP) is 2.06. The van der Waals surface area contributed by atoms with E-state index in [1.807, 2.05) is 11.8 Å². The number of hydrogen-bond acceptors (Lipinski definition) is 3. The van der Waals surface area contributed by atoms with Crippen LogP contribution in [0.1, 0.15) is 32.6 Å². The summed E-state index contributed by atoms with van der Waals surface area (Å²) in [5.41, 5.74) is -0.429. The number of thioether (sulfide) groups is 1. The SMILES string of the molecule is COCCCC1(O)CCCSC1C. The van der Waals surface area contributed by atoms with Crippen LogP contribution in [0.4, 0.5) is 0 Å². The van der Waals surface area contributed by atoms with Gasteiger partial charge in [0.1, 0.15) is 0 Å². The third kappa shape index (κ3) is 3.15. The predicted molar refractivity (Wildman–Crippen MR) is 57.2 cm³/mol. The molecule has 2 unspecified atom stereocenters. The van der Waals surface area contributed by atoms with Gasteiger partial charge in [0.15, 0.2) is 0 Å². The van der Waals surface area contributed by atoms with Crippen LogP contribution in [0.25, 0.3) is 0 Å². The fourth-order valence-electron chi connectivity index (χ4n) is 1.85. The zero-order chi connectivity index (χ0) is 9.73. The van der Waals surface area contributed by atoms with Crippen molar-refractivity contribution in [2.45, 2.75) is 43.5 Å². The summed E-state index contributed by atoms with van der Waals surface area (Å²) in [4.78, 5) is 0. The lowest BCUT2D eigenvalue weighted by Crippen LogP contribution is -2.41. The highest BCUT2D eigenvalue weighted by Crippen LogP contribution is 2.36. The highest BCUT2D eigenvalue weighted by molar-refractivity contribution is 8.00. The molecule has 1 heterocycles. The van der Waals surface area contributed by atoms with Crippen LogP contribution in [0.2, 0.25) is 0 Å². The van der Waals surface area contributed by atoms with E-state index in [9.17, 15) is 5.11 Å². The second-order valence-corrected chi connectivity index (χ2v) is 5.27. The summed E-state index contributed by atoms with van der Waals surface area (Å²) in [6, 6.07) is 0. The van der Waals surface area contributed by atoms with Crippen LogP contribution in [-0.2, 0) is 4.74 Å². The number of hydrogen-bond donors (Lipinski definition) is 1. The Labute approximate surface area is 85.0 Å². The van der Waals surface area contributed by atoms with Gasteiger partial charge < -0.3 is 9.84 Å². The Morgan fingerprint density at radius 3 is 3.00 bits per heavy atom. The van der Waals surface area contributed by atoms with Gasteiger partial charge in [0, 0.05) is 19.0 Å². The molecule has 1 rings (SSSR count). The Hall–Kier alpha value is 0.270. The Balaban J connectivity index is 2.33. The Morgan fingerprint density at radius 2 is 2.38 bits per heavy atom. The van der Waals surface area contributed by atoms with E-state index in [0.29, 0.717) is 5.25 Å². The summed E-state index contributed by atoms with van der Waals surface area (Å²) < 4.78 is 5.00. The van der Waals surface area contributed by atoms with E-state index in [4.69, 9.17) is 4.74 Å². The third-order valence-electron chi connectivity index (χ3n) is 2.84. The molecule has 1 saturated heterocycles. The second kappa shape index (κ2) is 5.23. The molecule has 1 aliphatic heterocycles. The summed E-state index contributed by atoms with van der Waals surface area (Å²) in [5.74, 6) is 1.20. The van der Waals surface area contributed by atoms with Crippen molar-refractivity contribution in [3.8, 4) is 0 Å². The molecule has 0 bridgehead atoms. The molecule has 1 aliphatic rings. The van der Waals surface area contributed by atoms with Gasteiger partial charge in [0.2, 0.25) is 0 Å². The topological polar surface area (TPSA) is 29.5 Å². The summed E-state index contributed by atoms with van der Waals surface area (Å²) in [5, 5.41) is 10.7. The van der Waals surface area contributed by atoms with E-state index in [-0.39, 0.29) is 0 Å². The highest BCUT2D eigenvalue weighted by Gasteiger charge is 2.35. The first-order valence-electron chi connectivity index (χ1n) is 5.02. The summed E-state index contributed by atoms with van der Waals surface area (Å²) >= 11 is 1.89. The minimum absolute atomic E-state index is 0.387. The van der Waals surface area contributed by atoms with Crippen molar-refractivity contribution in [1.29, 1.82) is 0 Å². The van der Waals surface area contributed by atoms with Gasteiger partial charge in [0.05, 0.1) is 5.60 Å². The minimum atomic E-state index is -0.429. The average Bonchev–Trinajstić information content (AvgIpc) is 2.11. The molecule has 0 saturated carbocycles. The average molecular weight is 204 g/mol. The molecule has 2 atom stereocenters. The Bertz CT molecular complexity index is 152. The quantitative estimate of drug-likeness (QED) is 0.711. The van der Waals surface area contributed by atoms with Crippen molar-refractivity contribution >= 4 is 11.8 Å². The van der Waals surface area contributed by atoms with Crippen LogP contribution >= 0.6 is 11.8 Å². The Kier molecular flexibility index (Phi) is 4.56. The van der Waals surface area contributed by atoms with Crippen LogP contribution in [-0.4, -0.2) is 35.4 Å². The van der Waals surface area contributed by atoms with E-state index >= 15 is 0 Å². The van der Waals surface area contributed by atoms with Crippen molar-refractivity contribution in [2.24, 2.45) is 0 Å². The number of rotatable bonds is 4. The molecule has 1 fully saturated rings.